The predicted molar refractivity (Wildman–Crippen MR) is 82.0 cm³/mol. The highest BCUT2D eigenvalue weighted by atomic mass is 14.9. The van der Waals surface area contributed by atoms with E-state index in [9.17, 15) is 0 Å². The molecule has 2 nitrogen and oxygen atoms in total. The highest BCUT2D eigenvalue weighted by molar-refractivity contribution is 5.75. The standard InChI is InChI=1S/C17H20N2/c1-12-9-10-15(18)17(11-12)19-16-8-4-6-13-5-2-3-7-14(13)16/h4,6,8-11,19H,2-3,5,7,18H2,1H3. The topological polar surface area (TPSA) is 38.0 Å². The molecular formula is C17H20N2. The van der Waals surface area contributed by atoms with E-state index in [0.29, 0.717) is 0 Å². The van der Waals surface area contributed by atoms with Crippen molar-refractivity contribution in [3.8, 4) is 0 Å². The minimum Gasteiger partial charge on any atom is -0.397 e. The predicted octanol–water partition coefficient (Wildman–Crippen LogP) is 4.20. The van der Waals surface area contributed by atoms with Crippen LogP contribution in [0, 0.1) is 6.92 Å². The second-order valence-electron chi connectivity index (χ2n) is 5.37. The summed E-state index contributed by atoms with van der Waals surface area (Å²) in [5, 5.41) is 3.52. The summed E-state index contributed by atoms with van der Waals surface area (Å²) in [4.78, 5) is 0. The molecule has 0 radical (unpaired) electrons. The summed E-state index contributed by atoms with van der Waals surface area (Å²) in [6.45, 7) is 2.09. The van der Waals surface area contributed by atoms with Crippen LogP contribution in [0.15, 0.2) is 36.4 Å². The zero-order chi connectivity index (χ0) is 13.2. The van der Waals surface area contributed by atoms with Crippen LogP contribution in [0.25, 0.3) is 0 Å². The summed E-state index contributed by atoms with van der Waals surface area (Å²) in [5.41, 5.74) is 13.3. The van der Waals surface area contributed by atoms with Gasteiger partial charge < -0.3 is 11.1 Å². The summed E-state index contributed by atoms with van der Waals surface area (Å²) < 4.78 is 0. The quantitative estimate of drug-likeness (QED) is 0.786. The van der Waals surface area contributed by atoms with Crippen molar-refractivity contribution in [2.45, 2.75) is 32.6 Å². The molecule has 0 saturated carbocycles. The summed E-state index contributed by atoms with van der Waals surface area (Å²) >= 11 is 0. The van der Waals surface area contributed by atoms with E-state index in [2.05, 4.69) is 36.5 Å². The van der Waals surface area contributed by atoms with Crippen LogP contribution in [0.3, 0.4) is 0 Å². The molecule has 2 heteroatoms. The number of nitrogens with one attached hydrogen (secondary N) is 1. The van der Waals surface area contributed by atoms with E-state index in [1.165, 1.54) is 48.1 Å². The number of benzene rings is 2. The van der Waals surface area contributed by atoms with E-state index in [0.717, 1.165) is 11.4 Å². The molecule has 0 unspecified atom stereocenters. The SMILES string of the molecule is Cc1ccc(N)c(Nc2cccc3c2CCCC3)c1. The Balaban J connectivity index is 1.97. The number of fused-ring (bicyclic) bond motifs is 1. The molecule has 0 aromatic heterocycles. The third kappa shape index (κ3) is 2.43. The highest BCUT2D eigenvalue weighted by Crippen LogP contribution is 2.31. The van der Waals surface area contributed by atoms with Gasteiger partial charge in [-0.25, -0.2) is 0 Å². The molecule has 0 bridgehead atoms. The maximum absolute atomic E-state index is 6.05. The summed E-state index contributed by atoms with van der Waals surface area (Å²) in [5.74, 6) is 0. The Bertz CT molecular complexity index is 602. The maximum atomic E-state index is 6.05. The van der Waals surface area contributed by atoms with E-state index < -0.39 is 0 Å². The molecule has 0 fully saturated rings. The Hall–Kier alpha value is -1.96. The van der Waals surface area contributed by atoms with Gasteiger partial charge in [-0.1, -0.05) is 18.2 Å². The van der Waals surface area contributed by atoms with Crippen molar-refractivity contribution < 1.29 is 0 Å². The molecule has 2 aromatic carbocycles. The van der Waals surface area contributed by atoms with Gasteiger partial charge in [-0.2, -0.15) is 0 Å². The summed E-state index contributed by atoms with van der Waals surface area (Å²) in [7, 11) is 0. The number of hydrogen-bond donors (Lipinski definition) is 2. The molecule has 1 aliphatic rings. The van der Waals surface area contributed by atoms with Crippen molar-refractivity contribution in [1.82, 2.24) is 0 Å². The Morgan fingerprint density at radius 1 is 1.00 bits per heavy atom. The fourth-order valence-electron chi connectivity index (χ4n) is 2.82. The van der Waals surface area contributed by atoms with Gasteiger partial charge >= 0.3 is 0 Å². The van der Waals surface area contributed by atoms with Crippen LogP contribution < -0.4 is 11.1 Å². The van der Waals surface area contributed by atoms with Gasteiger partial charge in [0.05, 0.1) is 11.4 Å². The number of rotatable bonds is 2. The Morgan fingerprint density at radius 2 is 1.84 bits per heavy atom. The number of hydrogen-bond acceptors (Lipinski definition) is 2. The fraction of sp³-hybridized carbons (Fsp3) is 0.294. The normalized spacial score (nSPS) is 13.9. The molecule has 98 valence electrons. The number of nitrogen functional groups attached to an aromatic ring is 1. The van der Waals surface area contributed by atoms with Crippen LogP contribution in [-0.4, -0.2) is 0 Å². The maximum Gasteiger partial charge on any atom is 0.0620 e. The lowest BCUT2D eigenvalue weighted by Crippen LogP contribution is -2.06. The average molecular weight is 252 g/mol. The average Bonchev–Trinajstić information content (AvgIpc) is 2.43. The lowest BCUT2D eigenvalue weighted by molar-refractivity contribution is 0.687. The smallest absolute Gasteiger partial charge is 0.0620 e. The van der Waals surface area contributed by atoms with Crippen LogP contribution >= 0.6 is 0 Å². The van der Waals surface area contributed by atoms with Crippen LogP contribution in [0.5, 0.6) is 0 Å². The molecule has 19 heavy (non-hydrogen) atoms. The van der Waals surface area contributed by atoms with E-state index in [1.807, 2.05) is 12.1 Å². The first kappa shape index (κ1) is 12.1. The van der Waals surface area contributed by atoms with E-state index in [4.69, 9.17) is 5.73 Å². The van der Waals surface area contributed by atoms with Crippen molar-refractivity contribution in [3.05, 3.63) is 53.1 Å². The van der Waals surface area contributed by atoms with Crippen molar-refractivity contribution in [2.24, 2.45) is 0 Å². The zero-order valence-corrected chi connectivity index (χ0v) is 11.4. The van der Waals surface area contributed by atoms with Gasteiger partial charge in [-0.15, -0.1) is 0 Å². The monoisotopic (exact) mass is 252 g/mol. The largest absolute Gasteiger partial charge is 0.397 e. The molecular weight excluding hydrogens is 232 g/mol. The highest BCUT2D eigenvalue weighted by Gasteiger charge is 2.13. The Labute approximate surface area is 114 Å². The van der Waals surface area contributed by atoms with E-state index >= 15 is 0 Å². The molecule has 0 atom stereocenters. The number of aryl methyl sites for hydroxylation is 2. The third-order valence-electron chi connectivity index (χ3n) is 3.87. The van der Waals surface area contributed by atoms with Gasteiger partial charge in [-0.05, 0) is 67.5 Å². The van der Waals surface area contributed by atoms with Crippen LogP contribution in [0.2, 0.25) is 0 Å². The molecule has 3 rings (SSSR count). The van der Waals surface area contributed by atoms with Crippen LogP contribution in [-0.2, 0) is 12.8 Å². The second kappa shape index (κ2) is 4.96. The summed E-state index contributed by atoms with van der Waals surface area (Å²) in [6, 6.07) is 12.7. The number of nitrogens with two attached hydrogens (primary N) is 1. The fourth-order valence-corrected chi connectivity index (χ4v) is 2.82. The molecule has 0 amide bonds. The molecule has 3 N–H and O–H groups in total. The molecule has 0 spiro atoms. The molecule has 0 saturated heterocycles. The van der Waals surface area contributed by atoms with Crippen LogP contribution in [0.1, 0.15) is 29.5 Å². The van der Waals surface area contributed by atoms with Gasteiger partial charge in [-0.3, -0.25) is 0 Å². The van der Waals surface area contributed by atoms with Gasteiger partial charge in [0.25, 0.3) is 0 Å². The van der Waals surface area contributed by atoms with E-state index in [-0.39, 0.29) is 0 Å². The minimum atomic E-state index is 0.805. The lowest BCUT2D eigenvalue weighted by atomic mass is 9.90. The van der Waals surface area contributed by atoms with Crippen LogP contribution in [0.4, 0.5) is 17.1 Å². The molecule has 2 aromatic rings. The van der Waals surface area contributed by atoms with E-state index in [1.54, 1.807) is 0 Å². The molecule has 1 aliphatic carbocycles. The Morgan fingerprint density at radius 3 is 2.74 bits per heavy atom. The zero-order valence-electron chi connectivity index (χ0n) is 11.4. The van der Waals surface area contributed by atoms with Gasteiger partial charge in [0.1, 0.15) is 0 Å². The lowest BCUT2D eigenvalue weighted by Gasteiger charge is -2.20. The first-order valence-corrected chi connectivity index (χ1v) is 6.98. The first-order chi connectivity index (χ1) is 9.24. The molecule has 0 heterocycles. The minimum absolute atomic E-state index is 0.805. The van der Waals surface area contributed by atoms with Crippen molar-refractivity contribution in [1.29, 1.82) is 0 Å². The van der Waals surface area contributed by atoms with Gasteiger partial charge in [0.15, 0.2) is 0 Å². The summed E-state index contributed by atoms with van der Waals surface area (Å²) in [6.07, 6.45) is 4.97. The molecule has 0 aliphatic heterocycles. The van der Waals surface area contributed by atoms with Crippen molar-refractivity contribution in [3.63, 3.8) is 0 Å². The number of anilines is 3. The first-order valence-electron chi connectivity index (χ1n) is 6.98. The van der Waals surface area contributed by atoms with Crippen molar-refractivity contribution in [2.75, 3.05) is 11.1 Å². The Kier molecular flexibility index (Phi) is 3.16. The second-order valence-corrected chi connectivity index (χ2v) is 5.37. The van der Waals surface area contributed by atoms with Gasteiger partial charge in [0, 0.05) is 5.69 Å². The van der Waals surface area contributed by atoms with Crippen molar-refractivity contribution >= 4 is 17.1 Å². The van der Waals surface area contributed by atoms with Gasteiger partial charge in [0.2, 0.25) is 0 Å². The third-order valence-corrected chi connectivity index (χ3v) is 3.87.